The van der Waals surface area contributed by atoms with E-state index in [2.05, 4.69) is 20.8 Å². The van der Waals surface area contributed by atoms with Crippen LogP contribution in [0.5, 0.6) is 0 Å². The maximum absolute atomic E-state index is 10.5. The molecule has 64 valence electrons. The Hall–Kier alpha value is -0.530. The van der Waals surface area contributed by atoms with Gasteiger partial charge >= 0.3 is 5.97 Å². The van der Waals surface area contributed by atoms with Crippen LogP contribution in [-0.4, -0.2) is 11.1 Å². The third-order valence-corrected chi connectivity index (χ3v) is 3.02. The highest BCUT2D eigenvalue weighted by atomic mass is 16.4. The topological polar surface area (TPSA) is 37.3 Å². The van der Waals surface area contributed by atoms with Gasteiger partial charge in [0.15, 0.2) is 0 Å². The first kappa shape index (κ1) is 8.57. The highest BCUT2D eigenvalue weighted by Gasteiger charge is 2.50. The zero-order chi connectivity index (χ0) is 8.65. The largest absolute Gasteiger partial charge is 0.481 e. The Bertz CT molecular complexity index is 172. The van der Waals surface area contributed by atoms with Crippen molar-refractivity contribution in [3.63, 3.8) is 0 Å². The lowest BCUT2D eigenvalue weighted by Crippen LogP contribution is -2.16. The summed E-state index contributed by atoms with van der Waals surface area (Å²) in [5.41, 5.74) is 0.225. The first-order valence-corrected chi connectivity index (χ1v) is 4.22. The molecule has 0 unspecified atom stereocenters. The van der Waals surface area contributed by atoms with Gasteiger partial charge in [-0.15, -0.1) is 0 Å². The van der Waals surface area contributed by atoms with E-state index in [1.165, 1.54) is 0 Å². The number of carboxylic acids is 1. The molecular weight excluding hydrogens is 140 g/mol. The van der Waals surface area contributed by atoms with E-state index in [4.69, 9.17) is 5.11 Å². The minimum atomic E-state index is -0.614. The molecule has 1 aliphatic carbocycles. The predicted octanol–water partition coefficient (Wildman–Crippen LogP) is 2.14. The third kappa shape index (κ3) is 1.55. The van der Waals surface area contributed by atoms with Gasteiger partial charge in [0.2, 0.25) is 0 Å². The minimum absolute atomic E-state index is 0.0510. The highest BCUT2D eigenvalue weighted by molar-refractivity contribution is 5.73. The van der Waals surface area contributed by atoms with Gasteiger partial charge < -0.3 is 5.11 Å². The predicted molar refractivity (Wildman–Crippen MR) is 43.3 cm³/mol. The van der Waals surface area contributed by atoms with Crippen molar-refractivity contribution in [2.45, 2.75) is 33.6 Å². The Balaban J connectivity index is 2.49. The van der Waals surface area contributed by atoms with E-state index in [0.29, 0.717) is 5.92 Å². The fourth-order valence-electron chi connectivity index (χ4n) is 1.59. The average molecular weight is 156 g/mol. The minimum Gasteiger partial charge on any atom is -0.481 e. The summed E-state index contributed by atoms with van der Waals surface area (Å²) < 4.78 is 0. The molecule has 0 aromatic rings. The quantitative estimate of drug-likeness (QED) is 0.679. The second kappa shape index (κ2) is 2.50. The van der Waals surface area contributed by atoms with Crippen LogP contribution in [0.1, 0.15) is 33.6 Å². The molecule has 0 aliphatic heterocycles. The molecule has 2 heteroatoms. The first-order valence-electron chi connectivity index (χ1n) is 4.22. The van der Waals surface area contributed by atoms with Crippen molar-refractivity contribution in [1.82, 2.24) is 0 Å². The van der Waals surface area contributed by atoms with Crippen LogP contribution in [-0.2, 0) is 4.79 Å². The van der Waals surface area contributed by atoms with Gasteiger partial charge in [0.05, 0.1) is 5.92 Å². The first-order chi connectivity index (χ1) is 4.99. The summed E-state index contributed by atoms with van der Waals surface area (Å²) in [6.07, 6.45) is 1.96. The van der Waals surface area contributed by atoms with Gasteiger partial charge in [-0.25, -0.2) is 0 Å². The zero-order valence-corrected chi connectivity index (χ0v) is 7.42. The second-order valence-corrected chi connectivity index (χ2v) is 4.13. The lowest BCUT2D eigenvalue weighted by molar-refractivity contribution is -0.139. The average Bonchev–Trinajstić information content (AvgIpc) is 2.65. The smallest absolute Gasteiger partial charge is 0.306 e. The van der Waals surface area contributed by atoms with Crippen molar-refractivity contribution in [3.8, 4) is 0 Å². The van der Waals surface area contributed by atoms with Gasteiger partial charge in [-0.05, 0) is 17.8 Å². The molecule has 0 saturated heterocycles. The standard InChI is InChI=1S/C9H16O2/c1-4-9(2,3)7-5-6(7)8(10)11/h6-7H,4-5H2,1-3H3,(H,10,11)/t6-,7-/m1/s1. The van der Waals surface area contributed by atoms with E-state index in [0.717, 1.165) is 12.8 Å². The molecule has 2 atom stereocenters. The van der Waals surface area contributed by atoms with Gasteiger partial charge in [0.25, 0.3) is 0 Å². The Morgan fingerprint density at radius 3 is 2.45 bits per heavy atom. The normalized spacial score (nSPS) is 30.1. The van der Waals surface area contributed by atoms with E-state index >= 15 is 0 Å². The summed E-state index contributed by atoms with van der Waals surface area (Å²) in [5.74, 6) is -0.244. The van der Waals surface area contributed by atoms with Crippen molar-refractivity contribution in [3.05, 3.63) is 0 Å². The van der Waals surface area contributed by atoms with Crippen LogP contribution in [0.4, 0.5) is 0 Å². The number of aliphatic carboxylic acids is 1. The van der Waals surface area contributed by atoms with Crippen molar-refractivity contribution >= 4 is 5.97 Å². The highest BCUT2D eigenvalue weighted by Crippen LogP contribution is 2.52. The lowest BCUT2D eigenvalue weighted by atomic mass is 9.83. The maximum atomic E-state index is 10.5. The molecule has 1 rings (SSSR count). The summed E-state index contributed by atoms with van der Waals surface area (Å²) in [6.45, 7) is 6.43. The van der Waals surface area contributed by atoms with Crippen LogP contribution in [0, 0.1) is 17.3 Å². The van der Waals surface area contributed by atoms with Crippen LogP contribution in [0.3, 0.4) is 0 Å². The summed E-state index contributed by atoms with van der Waals surface area (Å²) >= 11 is 0. The van der Waals surface area contributed by atoms with E-state index in [1.807, 2.05) is 0 Å². The van der Waals surface area contributed by atoms with Gasteiger partial charge in [0.1, 0.15) is 0 Å². The van der Waals surface area contributed by atoms with E-state index < -0.39 is 5.97 Å². The van der Waals surface area contributed by atoms with E-state index in [-0.39, 0.29) is 11.3 Å². The van der Waals surface area contributed by atoms with Crippen LogP contribution in [0.2, 0.25) is 0 Å². The van der Waals surface area contributed by atoms with E-state index in [1.54, 1.807) is 0 Å². The SMILES string of the molecule is CCC(C)(C)[C@@H]1C[C@H]1C(=O)O. The van der Waals surface area contributed by atoms with Gasteiger partial charge in [0, 0.05) is 0 Å². The molecule has 1 aliphatic rings. The van der Waals surface area contributed by atoms with Crippen LogP contribution in [0.15, 0.2) is 0 Å². The molecule has 0 radical (unpaired) electrons. The molecular formula is C9H16O2. The molecule has 2 nitrogen and oxygen atoms in total. The molecule has 0 heterocycles. The number of carbonyl (C=O) groups is 1. The Kier molecular flexibility index (Phi) is 1.95. The summed E-state index contributed by atoms with van der Waals surface area (Å²) in [7, 11) is 0. The lowest BCUT2D eigenvalue weighted by Gasteiger charge is -2.21. The molecule has 0 aromatic carbocycles. The molecule has 1 saturated carbocycles. The van der Waals surface area contributed by atoms with Crippen molar-refractivity contribution < 1.29 is 9.90 Å². The summed E-state index contributed by atoms with van der Waals surface area (Å²) in [5, 5.41) is 8.68. The van der Waals surface area contributed by atoms with Crippen LogP contribution in [0.25, 0.3) is 0 Å². The maximum Gasteiger partial charge on any atom is 0.306 e. The summed E-state index contributed by atoms with van der Waals surface area (Å²) in [6, 6.07) is 0. The number of hydrogen-bond donors (Lipinski definition) is 1. The molecule has 0 amide bonds. The van der Waals surface area contributed by atoms with Gasteiger partial charge in [-0.3, -0.25) is 4.79 Å². The summed E-state index contributed by atoms with van der Waals surface area (Å²) in [4.78, 5) is 10.5. The van der Waals surface area contributed by atoms with Crippen LogP contribution < -0.4 is 0 Å². The Labute approximate surface area is 67.6 Å². The molecule has 0 spiro atoms. The number of hydrogen-bond acceptors (Lipinski definition) is 1. The Morgan fingerprint density at radius 1 is 1.64 bits per heavy atom. The molecule has 0 aromatic heterocycles. The van der Waals surface area contributed by atoms with Crippen molar-refractivity contribution in [2.24, 2.45) is 17.3 Å². The Morgan fingerprint density at radius 2 is 2.18 bits per heavy atom. The molecule has 0 bridgehead atoms. The van der Waals surface area contributed by atoms with E-state index in [9.17, 15) is 4.79 Å². The molecule has 1 N–H and O–H groups in total. The van der Waals surface area contributed by atoms with Gasteiger partial charge in [-0.1, -0.05) is 27.2 Å². The second-order valence-electron chi connectivity index (χ2n) is 4.13. The van der Waals surface area contributed by atoms with Crippen molar-refractivity contribution in [1.29, 1.82) is 0 Å². The van der Waals surface area contributed by atoms with Gasteiger partial charge in [-0.2, -0.15) is 0 Å². The molecule has 11 heavy (non-hydrogen) atoms. The number of rotatable bonds is 3. The van der Waals surface area contributed by atoms with Crippen LogP contribution >= 0.6 is 0 Å². The van der Waals surface area contributed by atoms with Crippen molar-refractivity contribution in [2.75, 3.05) is 0 Å². The monoisotopic (exact) mass is 156 g/mol. The fraction of sp³-hybridized carbons (Fsp3) is 0.889. The number of carboxylic acid groups (broad SMARTS) is 1. The molecule has 1 fully saturated rings. The third-order valence-electron chi connectivity index (χ3n) is 3.02. The zero-order valence-electron chi connectivity index (χ0n) is 7.42. The fourth-order valence-corrected chi connectivity index (χ4v) is 1.59.